The third-order valence-electron chi connectivity index (χ3n) is 3.48. The van der Waals surface area contributed by atoms with Gasteiger partial charge >= 0.3 is 5.97 Å². The molecule has 1 heterocycles. The van der Waals surface area contributed by atoms with E-state index in [1.807, 2.05) is 12.1 Å². The van der Waals surface area contributed by atoms with Crippen molar-refractivity contribution in [1.82, 2.24) is 5.32 Å². The Hall–Kier alpha value is -0.990. The van der Waals surface area contributed by atoms with Crippen LogP contribution in [0.1, 0.15) is 28.7 Å². The zero-order chi connectivity index (χ0) is 17.7. The van der Waals surface area contributed by atoms with E-state index in [-0.39, 0.29) is 18.6 Å². The molecule has 0 fully saturated rings. The molecule has 128 valence electrons. The highest BCUT2D eigenvalue weighted by atomic mass is 79.9. The van der Waals surface area contributed by atoms with Gasteiger partial charge in [0, 0.05) is 27.6 Å². The van der Waals surface area contributed by atoms with E-state index < -0.39 is 17.8 Å². The number of halogens is 3. The summed E-state index contributed by atoms with van der Waals surface area (Å²) >= 11 is 10.4. The van der Waals surface area contributed by atoms with E-state index in [2.05, 4.69) is 53.1 Å². The summed E-state index contributed by atoms with van der Waals surface area (Å²) < 4.78 is 5.31. The highest BCUT2D eigenvalue weighted by Gasteiger charge is 2.23. The summed E-state index contributed by atoms with van der Waals surface area (Å²) in [6.45, 7) is 0.117. The molecule has 5 nitrogen and oxygen atoms in total. The van der Waals surface area contributed by atoms with E-state index in [1.54, 1.807) is 0 Å². The zero-order valence-electron chi connectivity index (χ0n) is 12.5. The first kappa shape index (κ1) is 19.3. The first-order valence-electron chi connectivity index (χ1n) is 7.01. The Morgan fingerprint density at radius 2 is 1.67 bits per heavy atom. The van der Waals surface area contributed by atoms with Crippen molar-refractivity contribution in [3.8, 4) is 0 Å². The molecule has 24 heavy (non-hydrogen) atoms. The molecule has 0 spiro atoms. The summed E-state index contributed by atoms with van der Waals surface area (Å²) in [5.41, 5.74) is 4.29. The summed E-state index contributed by atoms with van der Waals surface area (Å²) in [6.07, 6.45) is 0.909. The smallest absolute Gasteiger partial charge is 0.310 e. The van der Waals surface area contributed by atoms with E-state index in [4.69, 9.17) is 4.74 Å². The molecule has 0 unspecified atom stereocenters. The number of imide groups is 1. The lowest BCUT2D eigenvalue weighted by Gasteiger charge is -2.15. The second kappa shape index (κ2) is 8.92. The van der Waals surface area contributed by atoms with Crippen LogP contribution in [0.3, 0.4) is 0 Å². The Balaban J connectivity index is 2.08. The van der Waals surface area contributed by atoms with Gasteiger partial charge in [0.1, 0.15) is 6.61 Å². The fraction of sp³-hybridized carbons (Fsp3) is 0.312. The van der Waals surface area contributed by atoms with Crippen molar-refractivity contribution < 1.29 is 19.1 Å². The maximum Gasteiger partial charge on any atom is 0.310 e. The van der Waals surface area contributed by atoms with Crippen molar-refractivity contribution in [2.75, 3.05) is 0 Å². The van der Waals surface area contributed by atoms with Crippen molar-refractivity contribution in [3.63, 3.8) is 0 Å². The Morgan fingerprint density at radius 1 is 1.04 bits per heavy atom. The van der Waals surface area contributed by atoms with Gasteiger partial charge in [-0.25, -0.2) is 0 Å². The molecular formula is C16H14Br3NO4. The highest BCUT2D eigenvalue weighted by molar-refractivity contribution is 9.09. The Kier molecular flexibility index (Phi) is 7.18. The van der Waals surface area contributed by atoms with Gasteiger partial charge in [-0.3, -0.25) is 19.7 Å². The molecule has 1 aliphatic heterocycles. The van der Waals surface area contributed by atoms with Gasteiger partial charge in [0.2, 0.25) is 0 Å². The number of esters is 1. The number of amides is 2. The van der Waals surface area contributed by atoms with Gasteiger partial charge in [-0.15, -0.1) is 0 Å². The van der Waals surface area contributed by atoms with Crippen molar-refractivity contribution in [3.05, 3.63) is 46.0 Å². The molecule has 0 saturated heterocycles. The van der Waals surface area contributed by atoms with Crippen LogP contribution in [0.5, 0.6) is 0 Å². The van der Waals surface area contributed by atoms with Crippen molar-refractivity contribution in [1.29, 1.82) is 0 Å². The first-order valence-corrected chi connectivity index (χ1v) is 10.4. The van der Waals surface area contributed by atoms with Gasteiger partial charge in [0.05, 0.1) is 6.42 Å². The lowest BCUT2D eigenvalue weighted by molar-refractivity contribution is -0.144. The van der Waals surface area contributed by atoms with Crippen LogP contribution in [0.4, 0.5) is 0 Å². The molecule has 1 aromatic carbocycles. The fourth-order valence-corrected chi connectivity index (χ4v) is 3.64. The van der Waals surface area contributed by atoms with Gasteiger partial charge in [-0.1, -0.05) is 59.9 Å². The topological polar surface area (TPSA) is 72.5 Å². The second-order valence-electron chi connectivity index (χ2n) is 5.12. The fourth-order valence-electron chi connectivity index (χ4n) is 2.31. The van der Waals surface area contributed by atoms with E-state index in [9.17, 15) is 14.4 Å². The summed E-state index contributed by atoms with van der Waals surface area (Å²) in [5.74, 6) is -1.59. The normalized spacial score (nSPS) is 13.7. The number of alkyl halides is 3. The molecular weight excluding hydrogens is 510 g/mol. The molecule has 2 rings (SSSR count). The lowest BCUT2D eigenvalue weighted by atomic mass is 10.0. The lowest BCUT2D eigenvalue weighted by Crippen LogP contribution is -2.23. The highest BCUT2D eigenvalue weighted by Crippen LogP contribution is 2.25. The first-order chi connectivity index (χ1) is 11.5. The predicted molar refractivity (Wildman–Crippen MR) is 100.0 cm³/mol. The monoisotopic (exact) mass is 521 g/mol. The number of carbonyl (C=O) groups is 3. The van der Waals surface area contributed by atoms with E-state index >= 15 is 0 Å². The Morgan fingerprint density at radius 3 is 2.12 bits per heavy atom. The number of nitrogens with one attached hydrogen (secondary N) is 1. The van der Waals surface area contributed by atoms with Crippen molar-refractivity contribution in [2.45, 2.75) is 29.0 Å². The molecule has 8 heteroatoms. The molecule has 0 bridgehead atoms. The summed E-state index contributed by atoms with van der Waals surface area (Å²) in [4.78, 5) is 34.5. The summed E-state index contributed by atoms with van der Waals surface area (Å²) in [6, 6.07) is 4.09. The Labute approximate surface area is 164 Å². The second-order valence-corrected chi connectivity index (χ2v) is 6.80. The minimum atomic E-state index is -0.545. The number of hydrogen-bond acceptors (Lipinski definition) is 4. The summed E-state index contributed by atoms with van der Waals surface area (Å²) in [5, 5.41) is 4.12. The standard InChI is InChI=1S/C16H14Br3NO4/c17-5-9-1-11(6-18)13(12(2-9)7-19)8-24-15(22)4-10-3-14(21)20-16(10)23/h1-3H,4-8H2,(H,20,21,23). The van der Waals surface area contributed by atoms with Gasteiger partial charge < -0.3 is 4.74 Å². The molecule has 0 radical (unpaired) electrons. The number of benzene rings is 1. The largest absolute Gasteiger partial charge is 0.461 e. The molecule has 2 amide bonds. The van der Waals surface area contributed by atoms with Gasteiger partial charge in [-0.05, 0) is 22.3 Å². The van der Waals surface area contributed by atoms with E-state index in [1.165, 1.54) is 0 Å². The average molecular weight is 524 g/mol. The van der Waals surface area contributed by atoms with Crippen LogP contribution in [-0.4, -0.2) is 17.8 Å². The van der Waals surface area contributed by atoms with E-state index in [0.717, 1.165) is 33.7 Å². The quantitative estimate of drug-likeness (QED) is 0.338. The van der Waals surface area contributed by atoms with Crippen LogP contribution >= 0.6 is 47.8 Å². The molecule has 1 aliphatic rings. The van der Waals surface area contributed by atoms with Crippen LogP contribution in [0, 0.1) is 0 Å². The maximum atomic E-state index is 12.0. The van der Waals surface area contributed by atoms with Crippen molar-refractivity contribution >= 4 is 65.6 Å². The van der Waals surface area contributed by atoms with Gasteiger partial charge in [0.25, 0.3) is 11.8 Å². The molecule has 1 N–H and O–H groups in total. The third kappa shape index (κ3) is 4.77. The summed E-state index contributed by atoms with van der Waals surface area (Å²) in [7, 11) is 0. The van der Waals surface area contributed by atoms with Crippen LogP contribution in [0.15, 0.2) is 23.8 Å². The molecule has 0 saturated carbocycles. The average Bonchev–Trinajstić information content (AvgIpc) is 2.89. The number of carbonyl (C=O) groups excluding carboxylic acids is 3. The zero-order valence-corrected chi connectivity index (χ0v) is 17.3. The SMILES string of the molecule is O=C1C=C(CC(=O)OCc2c(CBr)cc(CBr)cc2CBr)C(=O)N1. The molecule has 0 atom stereocenters. The van der Waals surface area contributed by atoms with Crippen LogP contribution in [0.25, 0.3) is 0 Å². The van der Waals surface area contributed by atoms with Gasteiger partial charge in [-0.2, -0.15) is 0 Å². The van der Waals surface area contributed by atoms with Crippen molar-refractivity contribution in [2.24, 2.45) is 0 Å². The Bertz CT molecular complexity index is 690. The maximum absolute atomic E-state index is 12.0. The van der Waals surface area contributed by atoms with E-state index in [0.29, 0.717) is 10.7 Å². The third-order valence-corrected chi connectivity index (χ3v) is 5.34. The molecule has 1 aromatic rings. The number of ether oxygens (including phenoxy) is 1. The van der Waals surface area contributed by atoms with Gasteiger partial charge in [0.15, 0.2) is 0 Å². The number of hydrogen-bond donors (Lipinski definition) is 1. The number of rotatable bonds is 7. The minimum absolute atomic E-state index is 0.117. The molecule has 0 aliphatic carbocycles. The van der Waals surface area contributed by atoms with Crippen LogP contribution in [0.2, 0.25) is 0 Å². The minimum Gasteiger partial charge on any atom is -0.461 e. The van der Waals surface area contributed by atoms with Crippen LogP contribution in [-0.2, 0) is 41.7 Å². The predicted octanol–water partition coefficient (Wildman–Crippen LogP) is 3.39. The molecule has 0 aromatic heterocycles. The van der Waals surface area contributed by atoms with Crippen LogP contribution < -0.4 is 5.32 Å².